The number of hydrogen-bond donors (Lipinski definition) is 0. The topological polar surface area (TPSA) is 40.6 Å². The summed E-state index contributed by atoms with van der Waals surface area (Å²) in [6.45, 7) is 1.97. The lowest BCUT2D eigenvalue weighted by Gasteiger charge is -2.40. The van der Waals surface area contributed by atoms with Crippen molar-refractivity contribution >= 4 is 35.7 Å². The van der Waals surface area contributed by atoms with Crippen molar-refractivity contribution in [2.45, 2.75) is 50.6 Å². The van der Waals surface area contributed by atoms with Crippen LogP contribution in [0.3, 0.4) is 0 Å². The number of benzene rings is 4. The molecule has 1 atom stereocenters. The molecule has 0 N–H and O–H groups in total. The van der Waals surface area contributed by atoms with E-state index in [4.69, 9.17) is 0 Å². The third kappa shape index (κ3) is 3.95. The molecule has 0 radical (unpaired) electrons. The number of hydrogen-bond acceptors (Lipinski definition) is 2. The van der Waals surface area contributed by atoms with E-state index in [2.05, 4.69) is 36.4 Å². The van der Waals surface area contributed by atoms with E-state index in [1.165, 1.54) is 6.42 Å². The molecular formula is C34H34N2O2Si. The zero-order valence-corrected chi connectivity index (χ0v) is 23.4. The molecule has 4 aromatic carbocycles. The Labute approximate surface area is 232 Å². The van der Waals surface area contributed by atoms with E-state index in [0.717, 1.165) is 46.8 Å². The van der Waals surface area contributed by atoms with Gasteiger partial charge in [0.05, 0.1) is 0 Å². The smallest absolute Gasteiger partial charge is 0.303 e. The van der Waals surface area contributed by atoms with Crippen LogP contribution >= 0.6 is 0 Å². The first kappa shape index (κ1) is 25.3. The number of rotatable bonds is 6. The van der Waals surface area contributed by atoms with Gasteiger partial charge in [0.1, 0.15) is 5.54 Å². The Bertz CT molecular complexity index is 1340. The molecule has 39 heavy (non-hydrogen) atoms. The standard InChI is InChI=1S/C34H34N2O2Si/c1-34(27-17-7-2-8-18-27)32(37)36(33(38)35(34)28-19-9-3-10-20-28)39(29-21-11-4-12-22-29,30-23-13-5-14-24-30)31-25-15-6-16-26-31/h2,4-8,11-18,21-26,28H,3,9-10,19-20H2,1H3. The van der Waals surface area contributed by atoms with Crippen LogP contribution < -0.4 is 15.6 Å². The molecule has 2 fully saturated rings. The summed E-state index contributed by atoms with van der Waals surface area (Å²) in [5, 5.41) is 3.06. The molecule has 1 aliphatic carbocycles. The average molecular weight is 531 g/mol. The van der Waals surface area contributed by atoms with Crippen molar-refractivity contribution in [2.24, 2.45) is 0 Å². The van der Waals surface area contributed by atoms with Crippen molar-refractivity contribution in [3.05, 3.63) is 127 Å². The minimum atomic E-state index is -3.35. The van der Waals surface area contributed by atoms with Gasteiger partial charge in [-0.05, 0) is 40.9 Å². The van der Waals surface area contributed by atoms with E-state index in [1.54, 1.807) is 4.57 Å². The van der Waals surface area contributed by atoms with Gasteiger partial charge in [0.15, 0.2) is 0 Å². The van der Waals surface area contributed by atoms with Crippen LogP contribution in [0.4, 0.5) is 4.79 Å². The molecule has 1 unspecified atom stereocenters. The highest BCUT2D eigenvalue weighted by Gasteiger charge is 2.64. The predicted molar refractivity (Wildman–Crippen MR) is 159 cm³/mol. The quantitative estimate of drug-likeness (QED) is 0.196. The molecule has 4 nitrogen and oxygen atoms in total. The van der Waals surface area contributed by atoms with Crippen LogP contribution in [-0.4, -0.2) is 35.7 Å². The highest BCUT2D eigenvalue weighted by molar-refractivity contribution is 7.11. The highest BCUT2D eigenvalue weighted by atomic mass is 28.3. The lowest BCUT2D eigenvalue weighted by atomic mass is 9.86. The molecule has 0 bridgehead atoms. The fourth-order valence-electron chi connectivity index (χ4n) is 6.81. The molecule has 1 aliphatic heterocycles. The summed E-state index contributed by atoms with van der Waals surface area (Å²) in [6, 6.07) is 40.4. The Kier molecular flexibility index (Phi) is 6.69. The van der Waals surface area contributed by atoms with E-state index in [9.17, 15) is 0 Å². The summed E-state index contributed by atoms with van der Waals surface area (Å²) in [6.07, 6.45) is 5.17. The lowest BCUT2D eigenvalue weighted by molar-refractivity contribution is -0.131. The SMILES string of the molecule is CC1(c2ccccc2)C(=O)N([Si](c2ccccc2)(c2ccccc2)c2ccccc2)C(=O)N1C1CCCCC1. The van der Waals surface area contributed by atoms with Gasteiger partial charge in [-0.2, -0.15) is 0 Å². The summed E-state index contributed by atoms with van der Waals surface area (Å²) < 4.78 is 1.72. The van der Waals surface area contributed by atoms with Crippen molar-refractivity contribution in [3.63, 3.8) is 0 Å². The maximum absolute atomic E-state index is 15.2. The second-order valence-corrected chi connectivity index (χ2v) is 14.4. The van der Waals surface area contributed by atoms with Crippen molar-refractivity contribution in [2.75, 3.05) is 0 Å². The van der Waals surface area contributed by atoms with Crippen LogP contribution in [0.25, 0.3) is 0 Å². The molecule has 0 aromatic heterocycles. The van der Waals surface area contributed by atoms with Crippen LogP contribution in [0.5, 0.6) is 0 Å². The van der Waals surface area contributed by atoms with E-state index in [1.807, 2.05) is 96.8 Å². The first-order chi connectivity index (χ1) is 19.1. The second kappa shape index (κ2) is 10.3. The van der Waals surface area contributed by atoms with Crippen molar-refractivity contribution in [3.8, 4) is 0 Å². The van der Waals surface area contributed by atoms with Gasteiger partial charge < -0.3 is 4.90 Å². The fraction of sp³-hybridized carbons (Fsp3) is 0.235. The van der Waals surface area contributed by atoms with Gasteiger partial charge in [-0.25, -0.2) is 4.79 Å². The number of imide groups is 1. The molecular weight excluding hydrogens is 496 g/mol. The molecule has 0 spiro atoms. The number of carbonyl (C=O) groups excluding carboxylic acids is 2. The van der Waals surface area contributed by atoms with Crippen molar-refractivity contribution in [1.82, 2.24) is 9.47 Å². The molecule has 1 saturated carbocycles. The van der Waals surface area contributed by atoms with Crippen LogP contribution in [0.1, 0.15) is 44.6 Å². The number of carbonyl (C=O) groups is 2. The third-order valence-corrected chi connectivity index (χ3v) is 13.3. The predicted octanol–water partition coefficient (Wildman–Crippen LogP) is 5.17. The highest BCUT2D eigenvalue weighted by Crippen LogP contribution is 2.43. The summed E-state index contributed by atoms with van der Waals surface area (Å²) in [4.78, 5) is 32.2. The molecule has 2 aliphatic rings. The van der Waals surface area contributed by atoms with Gasteiger partial charge in [0, 0.05) is 6.04 Å². The van der Waals surface area contributed by atoms with Crippen LogP contribution in [0, 0.1) is 0 Å². The van der Waals surface area contributed by atoms with Crippen LogP contribution in [0.15, 0.2) is 121 Å². The molecule has 3 amide bonds. The van der Waals surface area contributed by atoms with E-state index >= 15 is 9.59 Å². The van der Waals surface area contributed by atoms with Crippen LogP contribution in [-0.2, 0) is 10.3 Å². The number of urea groups is 1. The summed E-state index contributed by atoms with van der Waals surface area (Å²) >= 11 is 0. The lowest BCUT2D eigenvalue weighted by Crippen LogP contribution is -2.78. The van der Waals surface area contributed by atoms with E-state index in [0.29, 0.717) is 0 Å². The maximum Gasteiger partial charge on any atom is 0.320 e. The molecule has 196 valence electrons. The fourth-order valence-corrected chi connectivity index (χ4v) is 11.5. The molecule has 1 saturated heterocycles. The maximum atomic E-state index is 15.2. The third-order valence-electron chi connectivity index (χ3n) is 8.68. The summed E-state index contributed by atoms with van der Waals surface area (Å²) in [5.74, 6) is -0.132. The minimum Gasteiger partial charge on any atom is -0.303 e. The minimum absolute atomic E-state index is 0.0272. The largest absolute Gasteiger partial charge is 0.320 e. The van der Waals surface area contributed by atoms with Crippen molar-refractivity contribution < 1.29 is 9.59 Å². The Morgan fingerprint density at radius 2 is 1.03 bits per heavy atom. The molecule has 1 heterocycles. The first-order valence-corrected chi connectivity index (χ1v) is 15.9. The Morgan fingerprint density at radius 3 is 1.46 bits per heavy atom. The number of amides is 3. The second-order valence-electron chi connectivity index (χ2n) is 10.8. The summed E-state index contributed by atoms with van der Waals surface area (Å²) in [5.41, 5.74) is -0.217. The summed E-state index contributed by atoms with van der Waals surface area (Å²) in [7, 11) is -3.35. The van der Waals surface area contributed by atoms with Gasteiger partial charge in [0.25, 0.3) is 14.1 Å². The Balaban J connectivity index is 1.66. The average Bonchev–Trinajstić information content (AvgIpc) is 3.21. The molecule has 4 aromatic rings. The van der Waals surface area contributed by atoms with E-state index in [-0.39, 0.29) is 18.0 Å². The van der Waals surface area contributed by atoms with Gasteiger partial charge in [-0.1, -0.05) is 141 Å². The van der Waals surface area contributed by atoms with Gasteiger partial charge in [-0.3, -0.25) is 9.36 Å². The zero-order chi connectivity index (χ0) is 26.9. The molecule has 6 rings (SSSR count). The zero-order valence-electron chi connectivity index (χ0n) is 22.4. The number of nitrogens with zero attached hydrogens (tertiary/aromatic N) is 2. The normalized spacial score (nSPS) is 20.4. The monoisotopic (exact) mass is 530 g/mol. The van der Waals surface area contributed by atoms with Gasteiger partial charge in [-0.15, -0.1) is 0 Å². The van der Waals surface area contributed by atoms with Crippen LogP contribution in [0.2, 0.25) is 0 Å². The first-order valence-electron chi connectivity index (χ1n) is 14.0. The van der Waals surface area contributed by atoms with Gasteiger partial charge in [0.2, 0.25) is 0 Å². The Morgan fingerprint density at radius 1 is 0.615 bits per heavy atom. The van der Waals surface area contributed by atoms with E-state index < -0.39 is 13.8 Å². The molecule has 5 heteroatoms. The van der Waals surface area contributed by atoms with Crippen molar-refractivity contribution in [1.29, 1.82) is 0 Å². The Hall–Kier alpha value is -3.96. The van der Waals surface area contributed by atoms with Gasteiger partial charge >= 0.3 is 6.03 Å².